The van der Waals surface area contributed by atoms with Crippen molar-refractivity contribution in [1.82, 2.24) is 10.6 Å². The monoisotopic (exact) mass is 184 g/mol. The molecule has 0 spiro atoms. The first-order valence-corrected chi connectivity index (χ1v) is 5.21. The van der Waals surface area contributed by atoms with Crippen LogP contribution in [-0.2, 0) is 4.79 Å². The lowest BCUT2D eigenvalue weighted by Crippen LogP contribution is -2.28. The Morgan fingerprint density at radius 2 is 2.15 bits per heavy atom. The van der Waals surface area contributed by atoms with Crippen LogP contribution < -0.4 is 10.6 Å². The number of carbonyl (C=O) groups excluding carboxylic acids is 1. The third-order valence-electron chi connectivity index (χ3n) is 2.08. The van der Waals surface area contributed by atoms with Crippen molar-refractivity contribution in [2.75, 3.05) is 6.54 Å². The van der Waals surface area contributed by atoms with Crippen molar-refractivity contribution in [3.63, 3.8) is 0 Å². The van der Waals surface area contributed by atoms with Crippen molar-refractivity contribution in [3.05, 3.63) is 0 Å². The molecule has 0 aromatic heterocycles. The highest BCUT2D eigenvalue weighted by Gasteiger charge is 2.22. The molecule has 1 saturated carbocycles. The maximum atomic E-state index is 11.2. The van der Waals surface area contributed by atoms with E-state index >= 15 is 0 Å². The SMILES string of the molecule is CC(C)NCCCC(=O)NC1CC1. The van der Waals surface area contributed by atoms with Crippen LogP contribution in [0.5, 0.6) is 0 Å². The fourth-order valence-corrected chi connectivity index (χ4v) is 1.17. The fourth-order valence-electron chi connectivity index (χ4n) is 1.17. The van der Waals surface area contributed by atoms with E-state index in [4.69, 9.17) is 0 Å². The summed E-state index contributed by atoms with van der Waals surface area (Å²) in [6.45, 7) is 5.17. The second-order valence-corrected chi connectivity index (χ2v) is 4.05. The van der Waals surface area contributed by atoms with Crippen LogP contribution >= 0.6 is 0 Å². The highest BCUT2D eigenvalue weighted by Crippen LogP contribution is 2.18. The summed E-state index contributed by atoms with van der Waals surface area (Å²) in [5.41, 5.74) is 0. The summed E-state index contributed by atoms with van der Waals surface area (Å²) < 4.78 is 0. The van der Waals surface area contributed by atoms with Crippen LogP contribution in [0.15, 0.2) is 0 Å². The number of hydrogen-bond acceptors (Lipinski definition) is 2. The van der Waals surface area contributed by atoms with E-state index in [2.05, 4.69) is 24.5 Å². The molecule has 1 amide bonds. The zero-order chi connectivity index (χ0) is 9.68. The first-order valence-electron chi connectivity index (χ1n) is 5.21. The molecule has 1 rings (SSSR count). The number of hydrogen-bond donors (Lipinski definition) is 2. The Balaban J connectivity index is 1.89. The average Bonchev–Trinajstić information content (AvgIpc) is 2.81. The van der Waals surface area contributed by atoms with Crippen molar-refractivity contribution in [2.45, 2.75) is 51.6 Å². The highest BCUT2D eigenvalue weighted by atomic mass is 16.1. The fraction of sp³-hybridized carbons (Fsp3) is 0.900. The third-order valence-corrected chi connectivity index (χ3v) is 2.08. The lowest BCUT2D eigenvalue weighted by molar-refractivity contribution is -0.121. The Bertz CT molecular complexity index is 164. The minimum absolute atomic E-state index is 0.216. The topological polar surface area (TPSA) is 41.1 Å². The number of amides is 1. The molecule has 0 heterocycles. The summed E-state index contributed by atoms with van der Waals surface area (Å²) in [5, 5.41) is 6.27. The van der Waals surface area contributed by atoms with Gasteiger partial charge in [-0.15, -0.1) is 0 Å². The van der Waals surface area contributed by atoms with Crippen molar-refractivity contribution in [2.24, 2.45) is 0 Å². The Labute approximate surface area is 80.3 Å². The van der Waals surface area contributed by atoms with Gasteiger partial charge in [0.15, 0.2) is 0 Å². The summed E-state index contributed by atoms with van der Waals surface area (Å²) >= 11 is 0. The van der Waals surface area contributed by atoms with Gasteiger partial charge in [0.1, 0.15) is 0 Å². The number of nitrogens with one attached hydrogen (secondary N) is 2. The van der Waals surface area contributed by atoms with E-state index in [0.717, 1.165) is 13.0 Å². The predicted molar refractivity (Wildman–Crippen MR) is 53.5 cm³/mol. The molecule has 2 N–H and O–H groups in total. The third kappa shape index (κ3) is 5.64. The molecule has 13 heavy (non-hydrogen) atoms. The molecule has 0 aromatic carbocycles. The zero-order valence-electron chi connectivity index (χ0n) is 8.60. The molecule has 1 aliphatic carbocycles. The molecule has 0 bridgehead atoms. The van der Waals surface area contributed by atoms with E-state index in [1.165, 1.54) is 12.8 Å². The maximum Gasteiger partial charge on any atom is 0.220 e. The van der Waals surface area contributed by atoms with Gasteiger partial charge in [0.05, 0.1) is 0 Å². The van der Waals surface area contributed by atoms with Crippen molar-refractivity contribution >= 4 is 5.91 Å². The van der Waals surface area contributed by atoms with Crippen molar-refractivity contribution in [1.29, 1.82) is 0 Å². The van der Waals surface area contributed by atoms with Gasteiger partial charge in [0.25, 0.3) is 0 Å². The Hall–Kier alpha value is -0.570. The van der Waals surface area contributed by atoms with E-state index < -0.39 is 0 Å². The molecular formula is C10H20N2O. The maximum absolute atomic E-state index is 11.2. The molecule has 0 atom stereocenters. The summed E-state index contributed by atoms with van der Waals surface area (Å²) in [5.74, 6) is 0.216. The Morgan fingerprint density at radius 1 is 1.46 bits per heavy atom. The quantitative estimate of drug-likeness (QED) is 0.606. The molecule has 0 unspecified atom stereocenters. The van der Waals surface area contributed by atoms with E-state index in [-0.39, 0.29) is 5.91 Å². The first-order chi connectivity index (χ1) is 6.18. The van der Waals surface area contributed by atoms with E-state index in [0.29, 0.717) is 18.5 Å². The van der Waals surface area contributed by atoms with Crippen molar-refractivity contribution < 1.29 is 4.79 Å². The zero-order valence-corrected chi connectivity index (χ0v) is 8.60. The molecular weight excluding hydrogens is 164 g/mol. The normalized spacial score (nSPS) is 16.2. The van der Waals surface area contributed by atoms with E-state index in [1.807, 2.05) is 0 Å². The lowest BCUT2D eigenvalue weighted by Gasteiger charge is -2.07. The van der Waals surface area contributed by atoms with Crippen LogP contribution in [0.4, 0.5) is 0 Å². The Kier molecular flexibility index (Phi) is 4.22. The van der Waals surface area contributed by atoms with Gasteiger partial charge >= 0.3 is 0 Å². The van der Waals surface area contributed by atoms with Gasteiger partial charge in [-0.1, -0.05) is 13.8 Å². The summed E-state index contributed by atoms with van der Waals surface area (Å²) in [7, 11) is 0. The van der Waals surface area contributed by atoms with Crippen LogP contribution in [0.1, 0.15) is 39.5 Å². The molecule has 0 aromatic rings. The highest BCUT2D eigenvalue weighted by molar-refractivity contribution is 5.76. The Morgan fingerprint density at radius 3 is 2.69 bits per heavy atom. The summed E-state index contributed by atoms with van der Waals surface area (Å²) in [6, 6.07) is 1.03. The smallest absolute Gasteiger partial charge is 0.220 e. The second-order valence-electron chi connectivity index (χ2n) is 4.05. The number of carbonyl (C=O) groups is 1. The molecule has 0 radical (unpaired) electrons. The molecule has 3 nitrogen and oxygen atoms in total. The van der Waals surface area contributed by atoms with Gasteiger partial charge < -0.3 is 10.6 Å². The van der Waals surface area contributed by atoms with E-state index in [1.54, 1.807) is 0 Å². The summed E-state index contributed by atoms with van der Waals surface area (Å²) in [6.07, 6.45) is 3.96. The molecule has 3 heteroatoms. The number of rotatable bonds is 6. The van der Waals surface area contributed by atoms with Crippen LogP contribution in [0, 0.1) is 0 Å². The van der Waals surface area contributed by atoms with Crippen LogP contribution in [-0.4, -0.2) is 24.5 Å². The standard InChI is InChI=1S/C10H20N2O/c1-8(2)11-7-3-4-10(13)12-9-5-6-9/h8-9,11H,3-7H2,1-2H3,(H,12,13). The van der Waals surface area contributed by atoms with Crippen LogP contribution in [0.3, 0.4) is 0 Å². The van der Waals surface area contributed by atoms with Gasteiger partial charge in [-0.25, -0.2) is 0 Å². The van der Waals surface area contributed by atoms with Gasteiger partial charge in [-0.05, 0) is 25.8 Å². The minimum Gasteiger partial charge on any atom is -0.353 e. The summed E-state index contributed by atoms with van der Waals surface area (Å²) in [4.78, 5) is 11.2. The average molecular weight is 184 g/mol. The van der Waals surface area contributed by atoms with E-state index in [9.17, 15) is 4.79 Å². The predicted octanol–water partition coefficient (Wildman–Crippen LogP) is 1.04. The lowest BCUT2D eigenvalue weighted by atomic mass is 10.2. The van der Waals surface area contributed by atoms with Crippen LogP contribution in [0.25, 0.3) is 0 Å². The van der Waals surface area contributed by atoms with Crippen molar-refractivity contribution in [3.8, 4) is 0 Å². The molecule has 0 saturated heterocycles. The second kappa shape index (κ2) is 5.22. The first kappa shape index (κ1) is 10.5. The molecule has 0 aliphatic heterocycles. The van der Waals surface area contributed by atoms with Crippen LogP contribution in [0.2, 0.25) is 0 Å². The molecule has 1 fully saturated rings. The molecule has 76 valence electrons. The van der Waals surface area contributed by atoms with Gasteiger partial charge in [-0.3, -0.25) is 4.79 Å². The molecule has 1 aliphatic rings. The minimum atomic E-state index is 0.216. The van der Waals surface area contributed by atoms with Gasteiger partial charge in [0.2, 0.25) is 5.91 Å². The van der Waals surface area contributed by atoms with Gasteiger partial charge in [0, 0.05) is 18.5 Å². The largest absolute Gasteiger partial charge is 0.353 e. The van der Waals surface area contributed by atoms with Gasteiger partial charge in [-0.2, -0.15) is 0 Å².